The van der Waals surface area contributed by atoms with Crippen LogP contribution in [0.1, 0.15) is 39.5 Å². The number of hydrogen-bond donors (Lipinski definition) is 2. The second-order valence-corrected chi connectivity index (χ2v) is 10.1. The van der Waals surface area contributed by atoms with Crippen molar-refractivity contribution in [1.82, 2.24) is 19.8 Å². The predicted octanol–water partition coefficient (Wildman–Crippen LogP) is 2.45. The van der Waals surface area contributed by atoms with E-state index in [0.717, 1.165) is 19.6 Å². The second-order valence-electron chi connectivity index (χ2n) is 8.18. The zero-order valence-electron chi connectivity index (χ0n) is 17.9. The standard InChI is InChI=1S/C18H34F3N5O2S.HI/c1-14(2)16(25-8-4-5-9-25)13-24-17(22-3)23-12-15-6-10-26(11-7-15)29(27,28)18(19,20)21;/h14-16H,4-13H2,1-3H3,(H2,22,23,24);1H. The molecule has 0 spiro atoms. The summed E-state index contributed by atoms with van der Waals surface area (Å²) < 4.78 is 61.5. The highest BCUT2D eigenvalue weighted by Gasteiger charge is 2.50. The number of halogens is 4. The van der Waals surface area contributed by atoms with E-state index in [-0.39, 0.29) is 43.0 Å². The number of guanidine groups is 1. The van der Waals surface area contributed by atoms with E-state index in [4.69, 9.17) is 0 Å². The van der Waals surface area contributed by atoms with Crippen molar-refractivity contribution in [2.45, 2.75) is 51.1 Å². The maximum atomic E-state index is 12.7. The fourth-order valence-corrected chi connectivity index (χ4v) is 5.01. The van der Waals surface area contributed by atoms with Crippen molar-refractivity contribution < 1.29 is 21.6 Å². The van der Waals surface area contributed by atoms with Gasteiger partial charge < -0.3 is 10.6 Å². The van der Waals surface area contributed by atoms with Gasteiger partial charge in [0.05, 0.1) is 0 Å². The highest BCUT2D eigenvalue weighted by Crippen LogP contribution is 2.30. The predicted molar refractivity (Wildman–Crippen MR) is 123 cm³/mol. The summed E-state index contributed by atoms with van der Waals surface area (Å²) in [4.78, 5) is 6.74. The number of sulfonamides is 1. The molecule has 1 unspecified atom stereocenters. The molecule has 0 saturated carbocycles. The Hall–Kier alpha value is -0.340. The Balaban J connectivity index is 0.00000450. The van der Waals surface area contributed by atoms with Gasteiger partial charge in [0.2, 0.25) is 0 Å². The molecular weight excluding hydrogens is 534 g/mol. The molecule has 2 N–H and O–H groups in total. The van der Waals surface area contributed by atoms with Crippen LogP contribution in [0.3, 0.4) is 0 Å². The maximum Gasteiger partial charge on any atom is 0.511 e. The molecular formula is C18H35F3IN5O2S. The van der Waals surface area contributed by atoms with Crippen molar-refractivity contribution in [2.75, 3.05) is 46.3 Å². The third-order valence-electron chi connectivity index (χ3n) is 5.85. The van der Waals surface area contributed by atoms with E-state index < -0.39 is 15.5 Å². The first kappa shape index (κ1) is 27.7. The first-order valence-corrected chi connectivity index (χ1v) is 11.7. The quantitative estimate of drug-likeness (QED) is 0.280. The van der Waals surface area contributed by atoms with Crippen LogP contribution in [0.15, 0.2) is 4.99 Å². The molecule has 2 rings (SSSR count). The molecule has 2 aliphatic rings. The lowest BCUT2D eigenvalue weighted by atomic mass is 9.98. The molecule has 1 atom stereocenters. The van der Waals surface area contributed by atoms with E-state index in [1.54, 1.807) is 7.05 Å². The van der Waals surface area contributed by atoms with Crippen molar-refractivity contribution in [3.8, 4) is 0 Å². The first-order chi connectivity index (χ1) is 13.6. The van der Waals surface area contributed by atoms with E-state index in [0.29, 0.717) is 41.6 Å². The van der Waals surface area contributed by atoms with Crippen molar-refractivity contribution >= 4 is 40.0 Å². The summed E-state index contributed by atoms with van der Waals surface area (Å²) in [5, 5.41) is 6.60. The molecule has 178 valence electrons. The molecule has 12 heteroatoms. The van der Waals surface area contributed by atoms with Crippen LogP contribution in [0.25, 0.3) is 0 Å². The molecule has 2 aliphatic heterocycles. The Labute approximate surface area is 195 Å². The average Bonchev–Trinajstić information content (AvgIpc) is 3.18. The monoisotopic (exact) mass is 569 g/mol. The van der Waals surface area contributed by atoms with Crippen molar-refractivity contribution in [2.24, 2.45) is 16.8 Å². The first-order valence-electron chi connectivity index (χ1n) is 10.3. The number of nitrogens with zero attached hydrogens (tertiary/aromatic N) is 3. The number of rotatable bonds is 7. The van der Waals surface area contributed by atoms with Crippen LogP contribution in [0.4, 0.5) is 13.2 Å². The summed E-state index contributed by atoms with van der Waals surface area (Å²) in [7, 11) is -3.53. The Morgan fingerprint density at radius 3 is 2.13 bits per heavy atom. The van der Waals surface area contributed by atoms with Crippen LogP contribution in [0.2, 0.25) is 0 Å². The number of aliphatic imine (C=N–C) groups is 1. The summed E-state index contributed by atoms with van der Waals surface area (Å²) in [6.07, 6.45) is 3.25. The number of likely N-dealkylation sites (tertiary alicyclic amines) is 1. The molecule has 2 heterocycles. The van der Waals surface area contributed by atoms with Gasteiger partial charge in [0.15, 0.2) is 5.96 Å². The van der Waals surface area contributed by atoms with Crippen molar-refractivity contribution in [1.29, 1.82) is 0 Å². The van der Waals surface area contributed by atoms with Gasteiger partial charge in [0, 0.05) is 39.3 Å². The summed E-state index contributed by atoms with van der Waals surface area (Å²) in [5.74, 6) is 1.28. The van der Waals surface area contributed by atoms with Crippen LogP contribution in [-0.2, 0) is 10.0 Å². The molecule has 30 heavy (non-hydrogen) atoms. The van der Waals surface area contributed by atoms with Gasteiger partial charge in [0.25, 0.3) is 0 Å². The molecule has 0 amide bonds. The third kappa shape index (κ3) is 7.37. The van der Waals surface area contributed by atoms with Crippen molar-refractivity contribution in [3.63, 3.8) is 0 Å². The van der Waals surface area contributed by atoms with E-state index in [2.05, 4.69) is 34.4 Å². The Morgan fingerprint density at radius 1 is 1.10 bits per heavy atom. The van der Waals surface area contributed by atoms with Gasteiger partial charge in [-0.05, 0) is 50.6 Å². The lowest BCUT2D eigenvalue weighted by Crippen LogP contribution is -2.50. The zero-order chi connectivity index (χ0) is 21.7. The molecule has 0 aliphatic carbocycles. The van der Waals surface area contributed by atoms with Gasteiger partial charge >= 0.3 is 15.5 Å². The molecule has 2 fully saturated rings. The smallest absolute Gasteiger partial charge is 0.356 e. The molecule has 0 bridgehead atoms. The van der Waals surface area contributed by atoms with Gasteiger partial charge in [-0.1, -0.05) is 13.8 Å². The van der Waals surface area contributed by atoms with Crippen molar-refractivity contribution in [3.05, 3.63) is 0 Å². The van der Waals surface area contributed by atoms with Gasteiger partial charge in [-0.25, -0.2) is 8.42 Å². The molecule has 0 aromatic rings. The Bertz CT molecular complexity index is 647. The van der Waals surface area contributed by atoms with E-state index in [1.165, 1.54) is 12.8 Å². The lowest BCUT2D eigenvalue weighted by molar-refractivity contribution is -0.0496. The minimum absolute atomic E-state index is 0. The fourth-order valence-electron chi connectivity index (χ4n) is 4.02. The van der Waals surface area contributed by atoms with Crippen LogP contribution in [0, 0.1) is 11.8 Å². The minimum Gasteiger partial charge on any atom is -0.356 e. The molecule has 7 nitrogen and oxygen atoms in total. The van der Waals surface area contributed by atoms with Gasteiger partial charge in [-0.15, -0.1) is 24.0 Å². The van der Waals surface area contributed by atoms with E-state index in [1.807, 2.05) is 0 Å². The number of nitrogens with one attached hydrogen (secondary N) is 2. The highest BCUT2D eigenvalue weighted by molar-refractivity contribution is 14.0. The highest BCUT2D eigenvalue weighted by atomic mass is 127. The number of hydrogen-bond acceptors (Lipinski definition) is 4. The van der Waals surface area contributed by atoms with Gasteiger partial charge in [0.1, 0.15) is 0 Å². The average molecular weight is 569 g/mol. The third-order valence-corrected chi connectivity index (χ3v) is 7.48. The van der Waals surface area contributed by atoms with Gasteiger partial charge in [-0.2, -0.15) is 17.5 Å². The maximum absolute atomic E-state index is 12.7. The van der Waals surface area contributed by atoms with Crippen LogP contribution in [0.5, 0.6) is 0 Å². The minimum atomic E-state index is -5.23. The molecule has 2 saturated heterocycles. The Kier molecular flexibility index (Phi) is 11.1. The van der Waals surface area contributed by atoms with Crippen LogP contribution in [-0.4, -0.2) is 81.4 Å². The van der Waals surface area contributed by atoms with E-state index in [9.17, 15) is 21.6 Å². The second kappa shape index (κ2) is 12.0. The van der Waals surface area contributed by atoms with Crippen LogP contribution >= 0.6 is 24.0 Å². The zero-order valence-corrected chi connectivity index (χ0v) is 21.1. The largest absolute Gasteiger partial charge is 0.511 e. The summed E-state index contributed by atoms with van der Waals surface area (Å²) in [6, 6.07) is 0.423. The lowest BCUT2D eigenvalue weighted by Gasteiger charge is -2.33. The summed E-state index contributed by atoms with van der Waals surface area (Å²) >= 11 is 0. The SMILES string of the molecule is CN=C(NCC1CCN(S(=O)(=O)C(F)(F)F)CC1)NCC(C(C)C)N1CCCC1.I. The number of piperidine rings is 1. The molecule has 0 aromatic heterocycles. The summed E-state index contributed by atoms with van der Waals surface area (Å²) in [5.41, 5.74) is -5.23. The molecule has 0 radical (unpaired) electrons. The summed E-state index contributed by atoms with van der Waals surface area (Å²) in [6.45, 7) is 7.78. The number of alkyl halides is 3. The normalized spacial score (nSPS) is 21.5. The van der Waals surface area contributed by atoms with Crippen LogP contribution < -0.4 is 10.6 Å². The molecule has 0 aromatic carbocycles. The Morgan fingerprint density at radius 2 is 1.67 bits per heavy atom. The fraction of sp³-hybridized carbons (Fsp3) is 0.944. The van der Waals surface area contributed by atoms with Gasteiger partial charge in [-0.3, -0.25) is 9.89 Å². The van der Waals surface area contributed by atoms with E-state index >= 15 is 0 Å². The topological polar surface area (TPSA) is 77.0 Å².